The Morgan fingerprint density at radius 1 is 1.34 bits per heavy atom. The van der Waals surface area contributed by atoms with Gasteiger partial charge in [-0.1, -0.05) is 0 Å². The van der Waals surface area contributed by atoms with Crippen molar-refractivity contribution >= 4 is 16.9 Å². The molecular formula is C21H30N4O4. The van der Waals surface area contributed by atoms with Gasteiger partial charge in [0, 0.05) is 38.3 Å². The molecule has 1 amide bonds. The van der Waals surface area contributed by atoms with E-state index in [1.165, 1.54) is 0 Å². The van der Waals surface area contributed by atoms with E-state index in [1.54, 1.807) is 13.4 Å². The third-order valence-corrected chi connectivity index (χ3v) is 6.07. The van der Waals surface area contributed by atoms with Gasteiger partial charge in [0.1, 0.15) is 0 Å². The van der Waals surface area contributed by atoms with E-state index in [0.717, 1.165) is 49.9 Å². The molecule has 2 aromatic rings. The maximum Gasteiger partial charge on any atom is 0.251 e. The lowest BCUT2D eigenvalue weighted by atomic mass is 9.86. The molecule has 0 unspecified atom stereocenters. The Morgan fingerprint density at radius 3 is 2.97 bits per heavy atom. The third-order valence-electron chi connectivity index (χ3n) is 6.07. The number of aromatic nitrogens is 2. The Morgan fingerprint density at radius 2 is 2.17 bits per heavy atom. The lowest BCUT2D eigenvalue weighted by molar-refractivity contribution is -0.0459. The van der Waals surface area contributed by atoms with Crippen molar-refractivity contribution in [1.29, 1.82) is 0 Å². The van der Waals surface area contributed by atoms with Gasteiger partial charge in [0.2, 0.25) is 0 Å². The number of nitrogens with one attached hydrogen (secondary N) is 1. The van der Waals surface area contributed by atoms with Crippen LogP contribution < -0.4 is 5.32 Å². The maximum atomic E-state index is 12.9. The van der Waals surface area contributed by atoms with Gasteiger partial charge in [-0.2, -0.15) is 0 Å². The second kappa shape index (κ2) is 9.21. The van der Waals surface area contributed by atoms with Gasteiger partial charge in [0.15, 0.2) is 0 Å². The summed E-state index contributed by atoms with van der Waals surface area (Å²) in [6.45, 7) is 4.41. The molecule has 8 nitrogen and oxygen atoms in total. The van der Waals surface area contributed by atoms with Crippen molar-refractivity contribution in [3.05, 3.63) is 30.1 Å². The van der Waals surface area contributed by atoms with Crippen molar-refractivity contribution in [3.8, 4) is 0 Å². The van der Waals surface area contributed by atoms with Crippen LogP contribution >= 0.6 is 0 Å². The second-order valence-electron chi connectivity index (χ2n) is 7.85. The average molecular weight is 402 g/mol. The number of fused-ring (bicyclic) bond motifs is 1. The Labute approximate surface area is 170 Å². The van der Waals surface area contributed by atoms with Gasteiger partial charge < -0.3 is 24.5 Å². The molecule has 2 aliphatic rings. The molecule has 0 bridgehead atoms. The number of carbonyl (C=O) groups is 1. The zero-order chi connectivity index (χ0) is 20.2. The number of hydrogen-bond donors (Lipinski definition) is 2. The predicted octanol–water partition coefficient (Wildman–Crippen LogP) is 1.03. The predicted molar refractivity (Wildman–Crippen MR) is 109 cm³/mol. The number of aliphatic hydroxyl groups excluding tert-OH is 1. The molecule has 0 spiro atoms. The smallest absolute Gasteiger partial charge is 0.251 e. The molecule has 158 valence electrons. The van der Waals surface area contributed by atoms with E-state index in [0.29, 0.717) is 25.4 Å². The molecule has 1 saturated heterocycles. The van der Waals surface area contributed by atoms with Crippen LogP contribution in [0.4, 0.5) is 0 Å². The molecule has 1 aliphatic carbocycles. The maximum absolute atomic E-state index is 12.9. The summed E-state index contributed by atoms with van der Waals surface area (Å²) in [7, 11) is 1.67. The minimum absolute atomic E-state index is 0.0805. The van der Waals surface area contributed by atoms with Gasteiger partial charge in [0.25, 0.3) is 5.91 Å². The van der Waals surface area contributed by atoms with E-state index in [4.69, 9.17) is 9.47 Å². The van der Waals surface area contributed by atoms with Gasteiger partial charge >= 0.3 is 0 Å². The minimum Gasteiger partial charge on any atom is -0.389 e. The molecule has 2 N–H and O–H groups in total. The quantitative estimate of drug-likeness (QED) is 0.750. The number of nitrogens with zero attached hydrogens (tertiary/aromatic N) is 3. The summed E-state index contributed by atoms with van der Waals surface area (Å²) in [5, 5.41) is 14.0. The van der Waals surface area contributed by atoms with Crippen LogP contribution in [0.3, 0.4) is 0 Å². The second-order valence-corrected chi connectivity index (χ2v) is 7.85. The Balaban J connectivity index is 1.42. The van der Waals surface area contributed by atoms with Crippen LogP contribution in [0, 0.1) is 0 Å². The van der Waals surface area contributed by atoms with Crippen molar-refractivity contribution in [1.82, 2.24) is 19.8 Å². The van der Waals surface area contributed by atoms with Crippen molar-refractivity contribution in [2.45, 2.75) is 44.0 Å². The van der Waals surface area contributed by atoms with Gasteiger partial charge in [-0.05, 0) is 37.5 Å². The first-order chi connectivity index (χ1) is 14.2. The number of carbonyl (C=O) groups excluding carboxylic acids is 1. The molecule has 2 heterocycles. The van der Waals surface area contributed by atoms with Crippen LogP contribution in [0.25, 0.3) is 11.0 Å². The first-order valence-corrected chi connectivity index (χ1v) is 10.4. The van der Waals surface area contributed by atoms with E-state index in [-0.39, 0.29) is 18.0 Å². The number of rotatable bonds is 6. The first-order valence-electron chi connectivity index (χ1n) is 10.4. The summed E-state index contributed by atoms with van der Waals surface area (Å²) in [4.78, 5) is 19.6. The highest BCUT2D eigenvalue weighted by molar-refractivity contribution is 5.97. The summed E-state index contributed by atoms with van der Waals surface area (Å²) in [6, 6.07) is 5.39. The number of aliphatic hydroxyl groups is 1. The zero-order valence-electron chi connectivity index (χ0n) is 16.9. The van der Waals surface area contributed by atoms with Crippen molar-refractivity contribution in [3.63, 3.8) is 0 Å². The lowest BCUT2D eigenvalue weighted by Crippen LogP contribution is -2.58. The number of hydrogen-bond acceptors (Lipinski definition) is 6. The zero-order valence-corrected chi connectivity index (χ0v) is 16.9. The van der Waals surface area contributed by atoms with E-state index < -0.39 is 6.10 Å². The van der Waals surface area contributed by atoms with Crippen LogP contribution in [0.15, 0.2) is 24.5 Å². The van der Waals surface area contributed by atoms with Crippen LogP contribution in [0.5, 0.6) is 0 Å². The summed E-state index contributed by atoms with van der Waals surface area (Å²) in [6.07, 6.45) is 3.94. The fourth-order valence-electron chi connectivity index (χ4n) is 4.45. The number of benzene rings is 1. The Hall–Kier alpha value is -2.00. The molecule has 2 fully saturated rings. The van der Waals surface area contributed by atoms with Gasteiger partial charge in [0.05, 0.1) is 49.3 Å². The van der Waals surface area contributed by atoms with E-state index in [1.807, 2.05) is 22.8 Å². The third kappa shape index (κ3) is 4.45. The summed E-state index contributed by atoms with van der Waals surface area (Å²) in [5.74, 6) is -0.162. The number of morpholine rings is 1. The molecule has 29 heavy (non-hydrogen) atoms. The fraction of sp³-hybridized carbons (Fsp3) is 0.619. The number of amides is 1. The van der Waals surface area contributed by atoms with E-state index >= 15 is 0 Å². The summed E-state index contributed by atoms with van der Waals surface area (Å²) in [5.41, 5.74) is 2.32. The molecule has 1 saturated carbocycles. The summed E-state index contributed by atoms with van der Waals surface area (Å²) < 4.78 is 12.6. The van der Waals surface area contributed by atoms with Crippen LogP contribution in [0.2, 0.25) is 0 Å². The van der Waals surface area contributed by atoms with Crippen molar-refractivity contribution in [2.24, 2.45) is 0 Å². The molecule has 0 radical (unpaired) electrons. The Bertz CT molecular complexity index is 833. The van der Waals surface area contributed by atoms with Crippen LogP contribution in [0.1, 0.15) is 29.6 Å². The van der Waals surface area contributed by atoms with Crippen LogP contribution in [-0.4, -0.2) is 83.7 Å². The highest BCUT2D eigenvalue weighted by Crippen LogP contribution is 2.25. The number of imidazole rings is 1. The SMILES string of the molecule is COCCn1cnc2cc(C(=O)N[C@@H]3CCC[C@@H](N4CCOCC4)[C@@H]3O)ccc21. The molecular weight excluding hydrogens is 372 g/mol. The molecule has 8 heteroatoms. The number of methoxy groups -OCH3 is 1. The topological polar surface area (TPSA) is 88.9 Å². The normalized spacial score (nSPS) is 25.9. The molecule has 3 atom stereocenters. The van der Waals surface area contributed by atoms with Gasteiger partial charge in [-0.25, -0.2) is 4.98 Å². The lowest BCUT2D eigenvalue weighted by Gasteiger charge is -2.43. The number of ether oxygens (including phenoxy) is 2. The van der Waals surface area contributed by atoms with Crippen molar-refractivity contribution < 1.29 is 19.4 Å². The molecule has 1 aromatic carbocycles. The standard InChI is InChI=1S/C21H30N4O4/c1-28-10-7-25-14-22-17-13-15(5-6-18(17)25)21(27)23-16-3-2-4-19(20(16)26)24-8-11-29-12-9-24/h5-6,13-14,16,19-20,26H,2-4,7-12H2,1H3,(H,23,27)/t16-,19-,20-/m1/s1. The fourth-order valence-corrected chi connectivity index (χ4v) is 4.45. The Kier molecular flexibility index (Phi) is 6.44. The molecule has 1 aliphatic heterocycles. The van der Waals surface area contributed by atoms with Crippen molar-refractivity contribution in [2.75, 3.05) is 40.0 Å². The highest BCUT2D eigenvalue weighted by atomic mass is 16.5. The van der Waals surface area contributed by atoms with Gasteiger partial charge in [-0.15, -0.1) is 0 Å². The minimum atomic E-state index is -0.567. The van der Waals surface area contributed by atoms with E-state index in [2.05, 4.69) is 15.2 Å². The highest BCUT2D eigenvalue weighted by Gasteiger charge is 2.36. The first kappa shape index (κ1) is 20.3. The average Bonchev–Trinajstić information content (AvgIpc) is 3.16. The van der Waals surface area contributed by atoms with Gasteiger partial charge in [-0.3, -0.25) is 9.69 Å². The summed E-state index contributed by atoms with van der Waals surface area (Å²) >= 11 is 0. The largest absolute Gasteiger partial charge is 0.389 e. The molecule has 1 aromatic heterocycles. The molecule has 4 rings (SSSR count). The monoisotopic (exact) mass is 402 g/mol. The van der Waals surface area contributed by atoms with Crippen LogP contribution in [-0.2, 0) is 16.0 Å². The van der Waals surface area contributed by atoms with E-state index in [9.17, 15) is 9.90 Å².